The number of hydrogen-bond acceptors (Lipinski definition) is 0. The number of amides is 2. The molecule has 1 heterocycles. The van der Waals surface area contributed by atoms with Crippen LogP contribution in [-0.2, 0) is 0 Å². The molecule has 0 aromatic rings. The number of aliphatic imine (C=N–C) groups is 2. The zero-order chi connectivity index (χ0) is 8.97. The molecular formula is C9H15N2O+. The molecule has 1 unspecified atom stereocenters. The Bertz CT molecular complexity index is 215. The van der Waals surface area contributed by atoms with E-state index in [1.54, 1.807) is 12.4 Å². The highest BCUT2D eigenvalue weighted by atomic mass is 16.4. The summed E-state index contributed by atoms with van der Waals surface area (Å²) in [7, 11) is 0. The highest BCUT2D eigenvalue weighted by Crippen LogP contribution is 2.12. The molecule has 1 aliphatic heterocycles. The fraction of sp³-hybridized carbons (Fsp3) is 0.667. The normalized spacial score (nSPS) is 17.5. The van der Waals surface area contributed by atoms with Crippen LogP contribution < -0.4 is 0 Å². The molecule has 0 radical (unpaired) electrons. The summed E-state index contributed by atoms with van der Waals surface area (Å²) < 4.78 is 5.35. The summed E-state index contributed by atoms with van der Waals surface area (Å²) in [5.41, 5.74) is 0. The topological polar surface area (TPSA) is 36.0 Å². The fourth-order valence-corrected chi connectivity index (χ4v) is 0.700. The van der Waals surface area contributed by atoms with Gasteiger partial charge in [-0.15, -0.1) is 9.98 Å². The third-order valence-corrected chi connectivity index (χ3v) is 2.05. The Hall–Kier alpha value is -0.990. The van der Waals surface area contributed by atoms with Crippen molar-refractivity contribution < 1.29 is 4.42 Å². The monoisotopic (exact) mass is 167 g/mol. The smallest absolute Gasteiger partial charge is 0.217 e. The molecule has 12 heavy (non-hydrogen) atoms. The first-order valence-electron chi connectivity index (χ1n) is 4.26. The Morgan fingerprint density at radius 3 is 2.33 bits per heavy atom. The fourth-order valence-electron chi connectivity index (χ4n) is 0.700. The van der Waals surface area contributed by atoms with E-state index in [-0.39, 0.29) is 0 Å². The van der Waals surface area contributed by atoms with Gasteiger partial charge in [-0.05, 0) is 5.92 Å². The van der Waals surface area contributed by atoms with Gasteiger partial charge >= 0.3 is 6.03 Å². The average Bonchev–Trinajstić information content (AvgIpc) is 2.51. The molecule has 1 rings (SSSR count). The first-order valence-corrected chi connectivity index (χ1v) is 4.26. The third-order valence-electron chi connectivity index (χ3n) is 2.05. The molecule has 1 aliphatic rings. The van der Waals surface area contributed by atoms with Crippen LogP contribution in [0, 0.1) is 11.8 Å². The second-order valence-electron chi connectivity index (χ2n) is 3.37. The van der Waals surface area contributed by atoms with Crippen LogP contribution in [-0.4, -0.2) is 25.1 Å². The van der Waals surface area contributed by atoms with E-state index in [1.165, 1.54) is 0 Å². The third kappa shape index (κ3) is 2.57. The minimum atomic E-state index is 0.488. The van der Waals surface area contributed by atoms with Crippen LogP contribution in [0.2, 0.25) is 0 Å². The second-order valence-corrected chi connectivity index (χ2v) is 3.37. The van der Waals surface area contributed by atoms with E-state index in [0.717, 1.165) is 0 Å². The van der Waals surface area contributed by atoms with Gasteiger partial charge in [-0.1, -0.05) is 20.8 Å². The van der Waals surface area contributed by atoms with Crippen molar-refractivity contribution in [3.05, 3.63) is 0 Å². The van der Waals surface area contributed by atoms with Gasteiger partial charge < -0.3 is 0 Å². The first kappa shape index (κ1) is 9.10. The summed E-state index contributed by atoms with van der Waals surface area (Å²) in [6.45, 7) is 7.22. The maximum atomic E-state index is 5.35. The lowest BCUT2D eigenvalue weighted by Gasteiger charge is -2.05. The van der Waals surface area contributed by atoms with E-state index in [1.807, 2.05) is 0 Å². The molecule has 3 heteroatoms. The summed E-state index contributed by atoms with van der Waals surface area (Å²) in [5, 5.41) is 0. The van der Waals surface area contributed by atoms with Gasteiger partial charge in [0.05, 0.1) is 12.4 Å². The van der Waals surface area contributed by atoms with Gasteiger partial charge in [0.2, 0.25) is 0 Å². The molecule has 0 saturated carbocycles. The van der Waals surface area contributed by atoms with Crippen LogP contribution >= 0.6 is 0 Å². The number of urea groups is 1. The molecule has 3 nitrogen and oxygen atoms in total. The van der Waals surface area contributed by atoms with Crippen LogP contribution in [0.15, 0.2) is 9.98 Å². The molecule has 0 N–H and O–H groups in total. The molecule has 0 bridgehead atoms. The van der Waals surface area contributed by atoms with Gasteiger partial charge in [0, 0.05) is 5.92 Å². The van der Waals surface area contributed by atoms with Crippen molar-refractivity contribution in [1.29, 1.82) is 0 Å². The van der Waals surface area contributed by atoms with E-state index >= 15 is 0 Å². The van der Waals surface area contributed by atoms with Crippen LogP contribution in [0.1, 0.15) is 20.8 Å². The van der Waals surface area contributed by atoms with Gasteiger partial charge in [-0.2, -0.15) is 0 Å². The van der Waals surface area contributed by atoms with Crippen LogP contribution in [0.3, 0.4) is 0 Å². The molecular weight excluding hydrogens is 152 g/mol. The minimum absolute atomic E-state index is 0.488. The maximum absolute atomic E-state index is 5.35. The van der Waals surface area contributed by atoms with Crippen LogP contribution in [0.4, 0.5) is 4.42 Å². The predicted octanol–water partition coefficient (Wildman–Crippen LogP) is 2.09. The van der Waals surface area contributed by atoms with Gasteiger partial charge in [-0.25, -0.2) is 4.42 Å². The lowest BCUT2D eigenvalue weighted by molar-refractivity contribution is -0.157. The lowest BCUT2D eigenvalue weighted by Crippen LogP contribution is -2.06. The molecule has 0 fully saturated rings. The van der Waals surface area contributed by atoms with Crippen molar-refractivity contribution in [2.75, 3.05) is 6.61 Å². The molecule has 0 saturated heterocycles. The zero-order valence-electron chi connectivity index (χ0n) is 7.82. The Balaban J connectivity index is 2.38. The van der Waals surface area contributed by atoms with Crippen LogP contribution in [0.25, 0.3) is 0 Å². The minimum Gasteiger partial charge on any atom is -0.217 e. The van der Waals surface area contributed by atoms with E-state index in [4.69, 9.17) is 4.42 Å². The van der Waals surface area contributed by atoms with Gasteiger partial charge in [-0.3, -0.25) is 0 Å². The largest absolute Gasteiger partial charge is 0.553 e. The van der Waals surface area contributed by atoms with E-state index in [9.17, 15) is 0 Å². The Labute approximate surface area is 72.9 Å². The molecule has 0 aromatic carbocycles. The molecule has 2 amide bonds. The predicted molar refractivity (Wildman–Crippen MR) is 51.2 cm³/mol. The highest BCUT2D eigenvalue weighted by Gasteiger charge is 2.16. The van der Waals surface area contributed by atoms with Gasteiger partial charge in [0.15, 0.2) is 0 Å². The van der Waals surface area contributed by atoms with E-state index in [0.29, 0.717) is 24.5 Å². The lowest BCUT2D eigenvalue weighted by atomic mass is 10.00. The van der Waals surface area contributed by atoms with Crippen molar-refractivity contribution in [3.8, 4) is 0 Å². The highest BCUT2D eigenvalue weighted by molar-refractivity contribution is 6.25. The summed E-state index contributed by atoms with van der Waals surface area (Å²) in [5.74, 6) is 1.18. The van der Waals surface area contributed by atoms with Crippen molar-refractivity contribution in [1.82, 2.24) is 0 Å². The molecule has 0 aliphatic carbocycles. The first-order chi connectivity index (χ1) is 5.70. The maximum Gasteiger partial charge on any atom is 0.553 e. The summed E-state index contributed by atoms with van der Waals surface area (Å²) in [6.07, 6.45) is 3.27. The molecule has 1 atom stereocenters. The van der Waals surface area contributed by atoms with Crippen LogP contribution in [0.5, 0.6) is 0 Å². The molecule has 66 valence electrons. The van der Waals surface area contributed by atoms with Crippen molar-refractivity contribution in [2.45, 2.75) is 20.8 Å². The zero-order valence-corrected chi connectivity index (χ0v) is 7.82. The van der Waals surface area contributed by atoms with Crippen molar-refractivity contribution in [2.24, 2.45) is 21.8 Å². The SMILES string of the molecule is CC(C)C(C)C[O+]=C1N=CC=N1. The number of rotatable bonds is 3. The Kier molecular flexibility index (Phi) is 3.14. The Morgan fingerprint density at radius 1 is 1.25 bits per heavy atom. The standard InChI is InChI=1S/C9H15N2O/c1-7(2)8(3)6-12-9-10-4-5-11-9/h4-5,7-8H,6H2,1-3H3/q+1. The summed E-state index contributed by atoms with van der Waals surface area (Å²) in [4.78, 5) is 7.83. The molecule has 0 aromatic heterocycles. The van der Waals surface area contributed by atoms with Gasteiger partial charge in [0.1, 0.15) is 0 Å². The summed E-state index contributed by atoms with van der Waals surface area (Å²) >= 11 is 0. The summed E-state index contributed by atoms with van der Waals surface area (Å²) in [6, 6.07) is 0.488. The Morgan fingerprint density at radius 2 is 1.83 bits per heavy atom. The molecule has 0 spiro atoms. The van der Waals surface area contributed by atoms with Crippen molar-refractivity contribution in [3.63, 3.8) is 0 Å². The number of hydrogen-bond donors (Lipinski definition) is 0. The van der Waals surface area contributed by atoms with E-state index < -0.39 is 0 Å². The average molecular weight is 167 g/mol. The van der Waals surface area contributed by atoms with E-state index in [2.05, 4.69) is 30.8 Å². The van der Waals surface area contributed by atoms with Crippen molar-refractivity contribution >= 4 is 18.5 Å². The number of nitrogens with zero attached hydrogens (tertiary/aromatic N) is 2. The van der Waals surface area contributed by atoms with Gasteiger partial charge in [0.25, 0.3) is 6.61 Å². The number of carbonyl (C=O) groups excluding carboxylic acids is 1. The quantitative estimate of drug-likeness (QED) is 0.577. The second kappa shape index (κ2) is 4.14.